The number of benzene rings is 1. The highest BCUT2D eigenvalue weighted by atomic mass is 32.1. The lowest BCUT2D eigenvalue weighted by Crippen LogP contribution is -2.41. The molecule has 4 heterocycles. The fourth-order valence-corrected chi connectivity index (χ4v) is 5.92. The largest absolute Gasteiger partial charge is 0.488 e. The highest BCUT2D eigenvalue weighted by molar-refractivity contribution is 7.19. The van der Waals surface area contributed by atoms with Gasteiger partial charge in [0.1, 0.15) is 18.4 Å². The number of rotatable bonds is 7. The molecule has 1 aliphatic rings. The van der Waals surface area contributed by atoms with Gasteiger partial charge in [-0.05, 0) is 56.1 Å². The van der Waals surface area contributed by atoms with Crippen LogP contribution in [0.25, 0.3) is 21.3 Å². The number of fused-ring (bicyclic) bond motifs is 1. The second-order valence-electron chi connectivity index (χ2n) is 9.61. The zero-order valence-electron chi connectivity index (χ0n) is 21.3. The predicted molar refractivity (Wildman–Crippen MR) is 143 cm³/mol. The molecule has 1 atom stereocenters. The number of aryl methyl sites for hydroxylation is 1. The van der Waals surface area contributed by atoms with E-state index < -0.39 is 29.9 Å². The van der Waals surface area contributed by atoms with Gasteiger partial charge in [0.05, 0.1) is 22.3 Å². The van der Waals surface area contributed by atoms with Gasteiger partial charge in [-0.2, -0.15) is 13.2 Å². The lowest BCUT2D eigenvalue weighted by molar-refractivity contribution is -0.141. The minimum absolute atomic E-state index is 0.0874. The van der Waals surface area contributed by atoms with E-state index in [-0.39, 0.29) is 18.2 Å². The first-order valence-corrected chi connectivity index (χ1v) is 13.3. The molecule has 1 saturated heterocycles. The molecule has 0 radical (unpaired) electrons. The minimum atomic E-state index is -4.63. The van der Waals surface area contributed by atoms with Gasteiger partial charge in [-0.1, -0.05) is 0 Å². The van der Waals surface area contributed by atoms with Crippen molar-refractivity contribution in [2.24, 2.45) is 0 Å². The van der Waals surface area contributed by atoms with E-state index in [9.17, 15) is 32.7 Å². The standard InChI is InChI=1S/C27H25F3N4O5S/c1-15-9-16(25(36)37)10-20(23(15)39-17-3-2-6-31-12-17)19-4-7-32-21-11-18(40-24(19)21)13-34-22(35)5-8-33(26(34)38)14-27(28,29)30/h4-5,7-11,17,31H,2-3,6,12-14H2,1H3,(H,36,37)/t17-/m0/s1. The molecule has 3 aromatic heterocycles. The van der Waals surface area contributed by atoms with Gasteiger partial charge in [0.15, 0.2) is 0 Å². The molecule has 40 heavy (non-hydrogen) atoms. The number of halogens is 3. The second-order valence-corrected chi connectivity index (χ2v) is 10.7. The van der Waals surface area contributed by atoms with Crippen LogP contribution in [0.15, 0.2) is 52.3 Å². The summed E-state index contributed by atoms with van der Waals surface area (Å²) in [6.07, 6.45) is -0.530. The highest BCUT2D eigenvalue weighted by Gasteiger charge is 2.29. The summed E-state index contributed by atoms with van der Waals surface area (Å²) in [5.41, 5.74) is 0.690. The molecule has 13 heteroatoms. The fraction of sp³-hybridized carbons (Fsp3) is 0.333. The molecule has 1 fully saturated rings. The van der Waals surface area contributed by atoms with Crippen LogP contribution in [-0.4, -0.2) is 50.6 Å². The van der Waals surface area contributed by atoms with Gasteiger partial charge >= 0.3 is 17.8 Å². The first-order valence-electron chi connectivity index (χ1n) is 12.5. The average Bonchev–Trinajstić information content (AvgIpc) is 3.32. The van der Waals surface area contributed by atoms with Gasteiger partial charge in [-0.3, -0.25) is 18.9 Å². The van der Waals surface area contributed by atoms with E-state index in [2.05, 4.69) is 10.3 Å². The molecule has 1 aliphatic heterocycles. The molecule has 0 bridgehead atoms. The van der Waals surface area contributed by atoms with E-state index in [4.69, 9.17) is 4.74 Å². The van der Waals surface area contributed by atoms with Crippen LogP contribution in [0.2, 0.25) is 0 Å². The maximum absolute atomic E-state index is 12.9. The highest BCUT2D eigenvalue weighted by Crippen LogP contribution is 2.41. The summed E-state index contributed by atoms with van der Waals surface area (Å²) in [7, 11) is 0. The van der Waals surface area contributed by atoms with Crippen molar-refractivity contribution in [2.45, 2.75) is 45.1 Å². The molecule has 0 unspecified atom stereocenters. The lowest BCUT2D eigenvalue weighted by atomic mass is 9.98. The molecule has 5 rings (SSSR count). The Morgan fingerprint density at radius 3 is 2.73 bits per heavy atom. The third-order valence-electron chi connectivity index (χ3n) is 6.61. The van der Waals surface area contributed by atoms with Gasteiger partial charge in [-0.15, -0.1) is 11.3 Å². The van der Waals surface area contributed by atoms with Gasteiger partial charge in [0.2, 0.25) is 0 Å². The number of nitrogens with zero attached hydrogens (tertiary/aromatic N) is 3. The number of nitrogens with one attached hydrogen (secondary N) is 1. The molecular weight excluding hydrogens is 549 g/mol. The third kappa shape index (κ3) is 5.80. The molecule has 0 aliphatic carbocycles. The minimum Gasteiger partial charge on any atom is -0.488 e. The van der Waals surface area contributed by atoms with E-state index in [1.54, 1.807) is 37.4 Å². The molecule has 0 amide bonds. The van der Waals surface area contributed by atoms with Gasteiger partial charge in [0.25, 0.3) is 5.56 Å². The summed E-state index contributed by atoms with van der Waals surface area (Å²) >= 11 is 1.22. The first kappa shape index (κ1) is 27.6. The number of carboxylic acids is 1. The fourth-order valence-electron chi connectivity index (χ4n) is 4.79. The maximum atomic E-state index is 12.9. The van der Waals surface area contributed by atoms with Gasteiger partial charge < -0.3 is 15.2 Å². The number of hydrogen-bond acceptors (Lipinski definition) is 7. The van der Waals surface area contributed by atoms with Crippen LogP contribution in [0.5, 0.6) is 5.75 Å². The van der Waals surface area contributed by atoms with Crippen molar-refractivity contribution in [3.05, 3.63) is 79.6 Å². The maximum Gasteiger partial charge on any atom is 0.406 e. The van der Waals surface area contributed by atoms with E-state index in [1.165, 1.54) is 11.3 Å². The Bertz CT molecular complexity index is 1700. The summed E-state index contributed by atoms with van der Waals surface area (Å²) in [6.45, 7) is 1.59. The number of ether oxygens (including phenoxy) is 1. The van der Waals surface area contributed by atoms with E-state index >= 15 is 0 Å². The van der Waals surface area contributed by atoms with Crippen LogP contribution in [0.1, 0.15) is 33.6 Å². The SMILES string of the molecule is Cc1cc(C(=O)O)cc(-c2ccnc3cc(Cn4c(=O)ccn(CC(F)(F)F)c4=O)sc23)c1O[C@H]1CCCNC1. The summed E-state index contributed by atoms with van der Waals surface area (Å²) in [5, 5.41) is 13.0. The molecule has 9 nitrogen and oxygen atoms in total. The normalized spacial score (nSPS) is 15.8. The number of aromatic nitrogens is 3. The zero-order valence-corrected chi connectivity index (χ0v) is 22.1. The number of aromatic carboxylic acids is 1. The van der Waals surface area contributed by atoms with Crippen molar-refractivity contribution in [3.8, 4) is 16.9 Å². The van der Waals surface area contributed by atoms with Crippen molar-refractivity contribution in [2.75, 3.05) is 13.1 Å². The monoisotopic (exact) mass is 574 g/mol. The Morgan fingerprint density at radius 2 is 2.02 bits per heavy atom. The third-order valence-corrected chi connectivity index (χ3v) is 7.76. The van der Waals surface area contributed by atoms with Crippen molar-refractivity contribution in [1.29, 1.82) is 0 Å². The van der Waals surface area contributed by atoms with Crippen LogP contribution in [0.4, 0.5) is 13.2 Å². The summed E-state index contributed by atoms with van der Waals surface area (Å²) in [4.78, 5) is 41.9. The zero-order chi connectivity index (χ0) is 28.6. The van der Waals surface area contributed by atoms with Gasteiger partial charge in [0, 0.05) is 41.0 Å². The van der Waals surface area contributed by atoms with E-state index in [0.717, 1.165) is 36.2 Å². The van der Waals surface area contributed by atoms with Crippen LogP contribution in [0.3, 0.4) is 0 Å². The Kier molecular flexibility index (Phi) is 7.51. The van der Waals surface area contributed by atoms with E-state index in [1.807, 2.05) is 0 Å². The number of hydrogen-bond donors (Lipinski definition) is 2. The van der Waals surface area contributed by atoms with E-state index in [0.29, 0.717) is 48.6 Å². The first-order chi connectivity index (χ1) is 19.0. The summed E-state index contributed by atoms with van der Waals surface area (Å²) < 4.78 is 47.0. The predicted octanol–water partition coefficient (Wildman–Crippen LogP) is 4.03. The smallest absolute Gasteiger partial charge is 0.406 e. The van der Waals surface area contributed by atoms with Crippen molar-refractivity contribution >= 4 is 27.5 Å². The average molecular weight is 575 g/mol. The molecule has 210 valence electrons. The second kappa shape index (κ2) is 10.9. The molecule has 2 N–H and O–H groups in total. The van der Waals surface area contributed by atoms with Crippen LogP contribution in [-0.2, 0) is 13.1 Å². The number of alkyl halides is 3. The number of carbonyl (C=O) groups is 1. The number of piperidine rings is 1. The van der Waals surface area contributed by atoms with Crippen molar-refractivity contribution in [3.63, 3.8) is 0 Å². The molecular formula is C27H25F3N4O5S. The van der Waals surface area contributed by atoms with Gasteiger partial charge in [-0.25, -0.2) is 9.59 Å². The Labute approximate surface area is 229 Å². The summed E-state index contributed by atoms with van der Waals surface area (Å²) in [6, 6.07) is 7.43. The van der Waals surface area contributed by atoms with Crippen molar-refractivity contribution < 1.29 is 27.8 Å². The Balaban J connectivity index is 1.59. The molecule has 1 aromatic carbocycles. The number of thiophene rings is 1. The van der Waals surface area contributed by atoms with Crippen LogP contribution in [0, 0.1) is 6.92 Å². The van der Waals surface area contributed by atoms with Crippen LogP contribution < -0.4 is 21.3 Å². The molecule has 4 aromatic rings. The molecule has 0 saturated carbocycles. The molecule has 0 spiro atoms. The van der Waals surface area contributed by atoms with Crippen LogP contribution >= 0.6 is 11.3 Å². The number of pyridine rings is 1. The Hall–Kier alpha value is -3.97. The number of carboxylic acid groups (broad SMARTS) is 1. The van der Waals surface area contributed by atoms with Crippen molar-refractivity contribution in [1.82, 2.24) is 19.4 Å². The quantitative estimate of drug-likeness (QED) is 0.343. The topological polar surface area (TPSA) is 115 Å². The lowest BCUT2D eigenvalue weighted by Gasteiger charge is -2.26. The Morgan fingerprint density at radius 1 is 1.23 bits per heavy atom. The summed E-state index contributed by atoms with van der Waals surface area (Å²) in [5.74, 6) is -0.540.